The molecule has 0 spiro atoms. The minimum Gasteiger partial charge on any atom is -0.314 e. The van der Waals surface area contributed by atoms with Gasteiger partial charge in [-0.15, -0.1) is 12.4 Å². The Balaban J connectivity index is 0.00000108. The number of pyridine rings is 1. The van der Waals surface area contributed by atoms with E-state index in [4.69, 9.17) is 0 Å². The summed E-state index contributed by atoms with van der Waals surface area (Å²) in [7, 11) is 0. The maximum atomic E-state index is 4.40. The van der Waals surface area contributed by atoms with E-state index in [9.17, 15) is 0 Å². The van der Waals surface area contributed by atoms with Gasteiger partial charge in [0.05, 0.1) is 5.69 Å². The highest BCUT2D eigenvalue weighted by Gasteiger charge is 2.32. The second kappa shape index (κ2) is 5.80. The van der Waals surface area contributed by atoms with E-state index in [-0.39, 0.29) is 12.4 Å². The van der Waals surface area contributed by atoms with Gasteiger partial charge < -0.3 is 5.32 Å². The van der Waals surface area contributed by atoms with Crippen LogP contribution in [-0.4, -0.2) is 35.6 Å². The highest BCUT2D eigenvalue weighted by Crippen LogP contribution is 2.25. The highest BCUT2D eigenvalue weighted by molar-refractivity contribution is 5.85. The molecule has 0 saturated carbocycles. The van der Waals surface area contributed by atoms with E-state index in [1.165, 1.54) is 38.2 Å². The van der Waals surface area contributed by atoms with Crippen LogP contribution < -0.4 is 5.32 Å². The number of nitrogens with zero attached hydrogens (tertiary/aromatic N) is 2. The zero-order valence-corrected chi connectivity index (χ0v) is 10.8. The molecule has 1 aromatic rings. The van der Waals surface area contributed by atoms with Gasteiger partial charge in [-0.05, 0) is 37.4 Å². The van der Waals surface area contributed by atoms with Gasteiger partial charge in [-0.25, -0.2) is 0 Å². The quantitative estimate of drug-likeness (QED) is 0.870. The van der Waals surface area contributed by atoms with Crippen LogP contribution in [-0.2, 0) is 6.54 Å². The molecule has 0 amide bonds. The molecule has 3 heterocycles. The molecule has 2 aliphatic heterocycles. The molecule has 0 bridgehead atoms. The first kappa shape index (κ1) is 12.8. The second-order valence-electron chi connectivity index (χ2n) is 4.95. The normalized spacial score (nSPS) is 28.5. The van der Waals surface area contributed by atoms with E-state index in [1.807, 2.05) is 12.3 Å². The van der Waals surface area contributed by atoms with Crippen molar-refractivity contribution in [3.63, 3.8) is 0 Å². The lowest BCUT2D eigenvalue weighted by Gasteiger charge is -2.34. The fraction of sp³-hybridized carbons (Fsp3) is 0.615. The average Bonchev–Trinajstić information content (AvgIpc) is 2.77. The molecule has 3 nitrogen and oxygen atoms in total. The maximum Gasteiger partial charge on any atom is 0.0543 e. The van der Waals surface area contributed by atoms with Crippen molar-refractivity contribution < 1.29 is 0 Å². The van der Waals surface area contributed by atoms with Crippen LogP contribution in [0, 0.1) is 5.92 Å². The van der Waals surface area contributed by atoms with Crippen molar-refractivity contribution in [1.29, 1.82) is 0 Å². The molecule has 94 valence electrons. The van der Waals surface area contributed by atoms with Gasteiger partial charge in [0, 0.05) is 31.9 Å². The molecular formula is C13H20ClN3. The van der Waals surface area contributed by atoms with Crippen LogP contribution in [0.4, 0.5) is 0 Å². The average molecular weight is 254 g/mol. The van der Waals surface area contributed by atoms with Crippen molar-refractivity contribution in [2.45, 2.75) is 25.4 Å². The summed E-state index contributed by atoms with van der Waals surface area (Å²) in [5.74, 6) is 0.873. The molecule has 0 aliphatic carbocycles. The third-order valence-corrected chi connectivity index (χ3v) is 3.85. The smallest absolute Gasteiger partial charge is 0.0543 e. The minimum absolute atomic E-state index is 0. The zero-order chi connectivity index (χ0) is 10.8. The Bertz CT molecular complexity index is 344. The molecule has 2 atom stereocenters. The van der Waals surface area contributed by atoms with Gasteiger partial charge in [-0.2, -0.15) is 0 Å². The summed E-state index contributed by atoms with van der Waals surface area (Å²) < 4.78 is 0. The summed E-state index contributed by atoms with van der Waals surface area (Å²) in [5.41, 5.74) is 1.20. The summed E-state index contributed by atoms with van der Waals surface area (Å²) in [6.07, 6.45) is 4.54. The van der Waals surface area contributed by atoms with Crippen LogP contribution in [0.2, 0.25) is 0 Å². The van der Waals surface area contributed by atoms with Gasteiger partial charge >= 0.3 is 0 Å². The number of halogens is 1. The van der Waals surface area contributed by atoms with E-state index >= 15 is 0 Å². The molecular weight excluding hydrogens is 234 g/mol. The van der Waals surface area contributed by atoms with Crippen molar-refractivity contribution in [3.8, 4) is 0 Å². The zero-order valence-electron chi connectivity index (χ0n) is 10.0. The fourth-order valence-electron chi connectivity index (χ4n) is 2.99. The molecule has 17 heavy (non-hydrogen) atoms. The van der Waals surface area contributed by atoms with E-state index in [2.05, 4.69) is 27.3 Å². The van der Waals surface area contributed by atoms with Crippen LogP contribution >= 0.6 is 12.4 Å². The molecule has 0 radical (unpaired) electrons. The molecule has 2 fully saturated rings. The minimum atomic E-state index is 0. The summed E-state index contributed by atoms with van der Waals surface area (Å²) in [4.78, 5) is 6.95. The van der Waals surface area contributed by atoms with Gasteiger partial charge in [0.1, 0.15) is 0 Å². The molecule has 1 N–H and O–H groups in total. The first-order chi connectivity index (χ1) is 7.92. The van der Waals surface area contributed by atoms with Crippen LogP contribution in [0.25, 0.3) is 0 Å². The van der Waals surface area contributed by atoms with Gasteiger partial charge in [-0.1, -0.05) is 6.07 Å². The molecule has 3 rings (SSSR count). The predicted molar refractivity (Wildman–Crippen MR) is 71.3 cm³/mol. The number of piperidine rings is 1. The Morgan fingerprint density at radius 2 is 2.29 bits per heavy atom. The Morgan fingerprint density at radius 3 is 3.12 bits per heavy atom. The van der Waals surface area contributed by atoms with E-state index < -0.39 is 0 Å². The van der Waals surface area contributed by atoms with Crippen LogP contribution in [0.5, 0.6) is 0 Å². The molecule has 4 heteroatoms. The molecule has 1 aromatic heterocycles. The van der Waals surface area contributed by atoms with Gasteiger partial charge in [0.15, 0.2) is 0 Å². The number of rotatable bonds is 2. The Labute approximate surface area is 109 Å². The fourth-order valence-corrected chi connectivity index (χ4v) is 2.99. The Hall–Kier alpha value is -0.640. The molecule has 0 aromatic carbocycles. The third-order valence-electron chi connectivity index (χ3n) is 3.85. The first-order valence-electron chi connectivity index (χ1n) is 6.27. The molecule has 2 aliphatic rings. The van der Waals surface area contributed by atoms with Crippen LogP contribution in [0.3, 0.4) is 0 Å². The van der Waals surface area contributed by atoms with E-state index in [0.717, 1.165) is 18.5 Å². The van der Waals surface area contributed by atoms with Crippen molar-refractivity contribution >= 4 is 12.4 Å². The van der Waals surface area contributed by atoms with Crippen LogP contribution in [0.1, 0.15) is 18.5 Å². The van der Waals surface area contributed by atoms with E-state index in [0.29, 0.717) is 0 Å². The standard InChI is InChI=1S/C13H19N3.ClH/c1-2-6-14-12(3-1)10-16-8-5-13-11(9-16)4-7-15-13;/h1-3,6,11,13,15H,4-5,7-10H2;1H. The molecule has 2 saturated heterocycles. The predicted octanol–water partition coefficient (Wildman–Crippen LogP) is 1.69. The van der Waals surface area contributed by atoms with Gasteiger partial charge in [-0.3, -0.25) is 9.88 Å². The summed E-state index contributed by atoms with van der Waals surface area (Å²) in [6.45, 7) is 4.69. The largest absolute Gasteiger partial charge is 0.314 e. The number of aromatic nitrogens is 1. The Morgan fingerprint density at radius 1 is 1.35 bits per heavy atom. The maximum absolute atomic E-state index is 4.40. The summed E-state index contributed by atoms with van der Waals surface area (Å²) in [6, 6.07) is 6.97. The van der Waals surface area contributed by atoms with Crippen LogP contribution in [0.15, 0.2) is 24.4 Å². The number of hydrogen-bond acceptors (Lipinski definition) is 3. The lowest BCUT2D eigenvalue weighted by Crippen LogP contribution is -2.44. The lowest BCUT2D eigenvalue weighted by atomic mass is 9.93. The molecule has 2 unspecified atom stereocenters. The SMILES string of the molecule is Cl.c1ccc(CN2CCC3NCCC3C2)nc1. The van der Waals surface area contributed by atoms with Gasteiger partial charge in [0.2, 0.25) is 0 Å². The lowest BCUT2D eigenvalue weighted by molar-refractivity contribution is 0.154. The first-order valence-corrected chi connectivity index (χ1v) is 6.27. The van der Waals surface area contributed by atoms with Crippen molar-refractivity contribution in [1.82, 2.24) is 15.2 Å². The topological polar surface area (TPSA) is 28.2 Å². The van der Waals surface area contributed by atoms with Gasteiger partial charge in [0.25, 0.3) is 0 Å². The Kier molecular flexibility index (Phi) is 4.37. The van der Waals surface area contributed by atoms with Crippen molar-refractivity contribution in [2.24, 2.45) is 5.92 Å². The van der Waals surface area contributed by atoms with E-state index in [1.54, 1.807) is 0 Å². The van der Waals surface area contributed by atoms with Crippen molar-refractivity contribution in [3.05, 3.63) is 30.1 Å². The summed E-state index contributed by atoms with van der Waals surface area (Å²) >= 11 is 0. The monoisotopic (exact) mass is 253 g/mol. The number of fused-ring (bicyclic) bond motifs is 1. The van der Waals surface area contributed by atoms with Crippen molar-refractivity contribution in [2.75, 3.05) is 19.6 Å². The second-order valence-corrected chi connectivity index (χ2v) is 4.95. The summed E-state index contributed by atoms with van der Waals surface area (Å²) in [5, 5.41) is 3.60. The highest BCUT2D eigenvalue weighted by atomic mass is 35.5. The number of hydrogen-bond donors (Lipinski definition) is 1. The number of nitrogens with one attached hydrogen (secondary N) is 1. The third kappa shape index (κ3) is 2.97. The number of likely N-dealkylation sites (tertiary alicyclic amines) is 1.